The highest BCUT2D eigenvalue weighted by Crippen LogP contribution is 2.26. The molecule has 6 nitrogen and oxygen atoms in total. The smallest absolute Gasteiger partial charge is 0.261 e. The number of aliphatic hydroxyl groups is 1. The van der Waals surface area contributed by atoms with Gasteiger partial charge in [-0.1, -0.05) is 35.3 Å². The fraction of sp³-hybridized carbons (Fsp3) is 0.111. The van der Waals surface area contributed by atoms with Crippen molar-refractivity contribution in [2.75, 3.05) is 5.32 Å². The Labute approximate surface area is 168 Å². The average molecular weight is 427 g/mol. The quantitative estimate of drug-likeness (QED) is 0.448. The summed E-state index contributed by atoms with van der Waals surface area (Å²) in [5, 5.41) is 22.6. The monoisotopic (exact) mass is 426 g/mol. The predicted octanol–water partition coefficient (Wildman–Crippen LogP) is 4.03. The van der Waals surface area contributed by atoms with Crippen molar-refractivity contribution in [1.82, 2.24) is 15.5 Å². The van der Waals surface area contributed by atoms with Crippen molar-refractivity contribution in [3.63, 3.8) is 0 Å². The second kappa shape index (κ2) is 8.66. The van der Waals surface area contributed by atoms with Crippen LogP contribution in [-0.4, -0.2) is 21.2 Å². The molecular weight excluding hydrogens is 413 g/mol. The molecule has 1 atom stereocenters. The van der Waals surface area contributed by atoms with Crippen LogP contribution in [0.3, 0.4) is 0 Å². The lowest BCUT2D eigenvalue weighted by atomic mass is 10.1. The number of aliphatic hydroxyl groups excluding tert-OH is 1. The van der Waals surface area contributed by atoms with E-state index in [-0.39, 0.29) is 17.9 Å². The minimum absolute atomic E-state index is 0.0536. The standard InChI is InChI=1S/C18H14Cl2F2N4O2/c19-10-3-1-4-11(20)9(10)7-23-18(28)16-14(8-24-26-16)25-17(27)15-12(21)5-2-6-13(15)22/h1-6,8,18,23,28H,7H2,(H,24,26)(H,25,27). The van der Waals surface area contributed by atoms with Crippen LogP contribution in [0.15, 0.2) is 42.6 Å². The van der Waals surface area contributed by atoms with Crippen molar-refractivity contribution in [1.29, 1.82) is 0 Å². The van der Waals surface area contributed by atoms with E-state index in [1.54, 1.807) is 18.2 Å². The van der Waals surface area contributed by atoms with Crippen LogP contribution in [-0.2, 0) is 6.54 Å². The number of carbonyl (C=O) groups excluding carboxylic acids is 1. The van der Waals surface area contributed by atoms with E-state index in [0.29, 0.717) is 15.6 Å². The zero-order valence-electron chi connectivity index (χ0n) is 14.1. The first-order valence-electron chi connectivity index (χ1n) is 8.01. The second-order valence-electron chi connectivity index (χ2n) is 5.73. The van der Waals surface area contributed by atoms with Crippen molar-refractivity contribution in [2.24, 2.45) is 0 Å². The average Bonchev–Trinajstić information content (AvgIpc) is 3.09. The molecule has 1 amide bonds. The van der Waals surface area contributed by atoms with Crippen LogP contribution < -0.4 is 10.6 Å². The van der Waals surface area contributed by atoms with E-state index in [4.69, 9.17) is 23.2 Å². The number of hydrogen-bond donors (Lipinski definition) is 4. The lowest BCUT2D eigenvalue weighted by molar-refractivity contribution is 0.101. The molecule has 1 aromatic heterocycles. The highest BCUT2D eigenvalue weighted by atomic mass is 35.5. The molecule has 0 bridgehead atoms. The number of carbonyl (C=O) groups is 1. The van der Waals surface area contributed by atoms with Crippen LogP contribution in [0.5, 0.6) is 0 Å². The third-order valence-electron chi connectivity index (χ3n) is 3.91. The maximum absolute atomic E-state index is 13.8. The van der Waals surface area contributed by atoms with E-state index >= 15 is 0 Å². The van der Waals surface area contributed by atoms with Crippen LogP contribution in [0.2, 0.25) is 10.0 Å². The Morgan fingerprint density at radius 1 is 1.14 bits per heavy atom. The Bertz CT molecular complexity index is 973. The van der Waals surface area contributed by atoms with E-state index < -0.39 is 29.3 Å². The van der Waals surface area contributed by atoms with E-state index in [1.165, 1.54) is 6.20 Å². The number of nitrogens with one attached hydrogen (secondary N) is 3. The first-order chi connectivity index (χ1) is 13.4. The second-order valence-corrected chi connectivity index (χ2v) is 6.55. The molecule has 0 aliphatic carbocycles. The van der Waals surface area contributed by atoms with Gasteiger partial charge in [0.25, 0.3) is 5.91 Å². The summed E-state index contributed by atoms with van der Waals surface area (Å²) < 4.78 is 27.5. The number of nitrogens with zero attached hydrogens (tertiary/aromatic N) is 1. The fourth-order valence-electron chi connectivity index (χ4n) is 2.51. The molecule has 0 saturated heterocycles. The van der Waals surface area contributed by atoms with Gasteiger partial charge in [0.2, 0.25) is 0 Å². The lowest BCUT2D eigenvalue weighted by Gasteiger charge is -2.15. The number of benzene rings is 2. The number of hydrogen-bond acceptors (Lipinski definition) is 4. The van der Waals surface area contributed by atoms with E-state index in [1.807, 2.05) is 0 Å². The third-order valence-corrected chi connectivity index (χ3v) is 4.62. The molecule has 0 aliphatic rings. The number of amides is 1. The maximum atomic E-state index is 13.8. The fourth-order valence-corrected chi connectivity index (χ4v) is 3.04. The largest absolute Gasteiger partial charge is 0.373 e. The summed E-state index contributed by atoms with van der Waals surface area (Å²) >= 11 is 12.2. The Morgan fingerprint density at radius 3 is 2.39 bits per heavy atom. The van der Waals surface area contributed by atoms with Crippen LogP contribution in [0.1, 0.15) is 27.8 Å². The number of halogens is 4. The van der Waals surface area contributed by atoms with Crippen LogP contribution >= 0.6 is 23.2 Å². The van der Waals surface area contributed by atoms with Crippen molar-refractivity contribution >= 4 is 34.8 Å². The summed E-state index contributed by atoms with van der Waals surface area (Å²) in [5.74, 6) is -3.02. The molecule has 0 saturated carbocycles. The van der Waals surface area contributed by atoms with E-state index in [2.05, 4.69) is 20.8 Å². The molecule has 10 heteroatoms. The molecule has 3 aromatic rings. The first-order valence-corrected chi connectivity index (χ1v) is 8.77. The summed E-state index contributed by atoms with van der Waals surface area (Å²) in [6.45, 7) is 0.119. The Hall–Kier alpha value is -2.52. The summed E-state index contributed by atoms with van der Waals surface area (Å²) in [4.78, 5) is 12.2. The normalized spacial score (nSPS) is 12.0. The van der Waals surface area contributed by atoms with Gasteiger partial charge in [-0.3, -0.25) is 15.2 Å². The van der Waals surface area contributed by atoms with Crippen LogP contribution in [0.25, 0.3) is 0 Å². The molecular formula is C18H14Cl2F2N4O2. The van der Waals surface area contributed by atoms with Gasteiger partial charge in [0, 0.05) is 22.2 Å². The third kappa shape index (κ3) is 4.31. The van der Waals surface area contributed by atoms with Gasteiger partial charge >= 0.3 is 0 Å². The number of anilines is 1. The van der Waals surface area contributed by atoms with Gasteiger partial charge in [0.15, 0.2) is 0 Å². The number of aromatic amines is 1. The minimum atomic E-state index is -1.30. The molecule has 1 unspecified atom stereocenters. The predicted molar refractivity (Wildman–Crippen MR) is 101 cm³/mol. The first kappa shape index (κ1) is 20.2. The lowest BCUT2D eigenvalue weighted by Crippen LogP contribution is -2.23. The zero-order chi connectivity index (χ0) is 20.3. The van der Waals surface area contributed by atoms with Crippen molar-refractivity contribution < 1.29 is 18.7 Å². The molecule has 1 heterocycles. The Balaban J connectivity index is 1.73. The van der Waals surface area contributed by atoms with E-state index in [9.17, 15) is 18.7 Å². The van der Waals surface area contributed by atoms with Gasteiger partial charge in [-0.25, -0.2) is 8.78 Å². The van der Waals surface area contributed by atoms with Crippen molar-refractivity contribution in [3.8, 4) is 0 Å². The van der Waals surface area contributed by atoms with Gasteiger partial charge in [-0.15, -0.1) is 0 Å². The molecule has 2 aromatic carbocycles. The Morgan fingerprint density at radius 2 is 1.75 bits per heavy atom. The maximum Gasteiger partial charge on any atom is 0.261 e. The van der Waals surface area contributed by atoms with Gasteiger partial charge in [0.05, 0.1) is 11.9 Å². The molecule has 0 spiro atoms. The van der Waals surface area contributed by atoms with Gasteiger partial charge < -0.3 is 10.4 Å². The summed E-state index contributed by atoms with van der Waals surface area (Å²) in [5.41, 5.74) is -0.0189. The van der Waals surface area contributed by atoms with Crippen molar-refractivity contribution in [3.05, 3.63) is 81.1 Å². The van der Waals surface area contributed by atoms with Crippen LogP contribution in [0, 0.1) is 11.6 Å². The van der Waals surface area contributed by atoms with Crippen molar-refractivity contribution in [2.45, 2.75) is 12.8 Å². The topological polar surface area (TPSA) is 90.0 Å². The van der Waals surface area contributed by atoms with Gasteiger partial charge in [0.1, 0.15) is 29.1 Å². The summed E-state index contributed by atoms with van der Waals surface area (Å²) in [6.07, 6.45) is -0.0880. The zero-order valence-corrected chi connectivity index (χ0v) is 15.7. The summed E-state index contributed by atoms with van der Waals surface area (Å²) in [6, 6.07) is 8.09. The highest BCUT2D eigenvalue weighted by molar-refractivity contribution is 6.35. The molecule has 146 valence electrons. The SMILES string of the molecule is O=C(Nc1cn[nH]c1C(O)NCc1c(Cl)cccc1Cl)c1c(F)cccc1F. The summed E-state index contributed by atoms with van der Waals surface area (Å²) in [7, 11) is 0. The molecule has 0 radical (unpaired) electrons. The molecule has 4 N–H and O–H groups in total. The molecule has 0 aliphatic heterocycles. The van der Waals surface area contributed by atoms with Gasteiger partial charge in [-0.05, 0) is 24.3 Å². The number of aromatic nitrogens is 2. The van der Waals surface area contributed by atoms with E-state index in [0.717, 1.165) is 18.2 Å². The number of rotatable bonds is 6. The molecule has 0 fully saturated rings. The van der Waals surface area contributed by atoms with Gasteiger partial charge in [-0.2, -0.15) is 5.10 Å². The highest BCUT2D eigenvalue weighted by Gasteiger charge is 2.21. The van der Waals surface area contributed by atoms with Crippen LogP contribution in [0.4, 0.5) is 14.5 Å². The Kier molecular flexibility index (Phi) is 6.25. The molecule has 3 rings (SSSR count). The number of H-pyrrole nitrogens is 1. The minimum Gasteiger partial charge on any atom is -0.373 e. The molecule has 28 heavy (non-hydrogen) atoms.